The van der Waals surface area contributed by atoms with Crippen LogP contribution in [-0.2, 0) is 11.3 Å². The molecule has 2 aromatic heterocycles. The number of carbonyl (C=O) groups excluding carboxylic acids is 1. The Hall–Kier alpha value is -3.22. The molecule has 1 aliphatic heterocycles. The second kappa shape index (κ2) is 7.42. The Bertz CT molecular complexity index is 988. The van der Waals surface area contributed by atoms with Gasteiger partial charge in [-0.25, -0.2) is 14.6 Å². The highest BCUT2D eigenvalue weighted by Gasteiger charge is 2.33. The Morgan fingerprint density at radius 2 is 1.79 bits per heavy atom. The summed E-state index contributed by atoms with van der Waals surface area (Å²) in [6, 6.07) is 12.1. The smallest absolute Gasteiger partial charge is 0.226 e. The molecule has 0 bridgehead atoms. The average molecular weight is 376 g/mol. The highest BCUT2D eigenvalue weighted by atomic mass is 16.2. The second-order valence-electron chi connectivity index (χ2n) is 7.38. The van der Waals surface area contributed by atoms with Crippen molar-refractivity contribution in [3.8, 4) is 5.82 Å². The zero-order valence-corrected chi connectivity index (χ0v) is 16.4. The number of nitrogens with one attached hydrogen (secondary N) is 1. The van der Waals surface area contributed by atoms with Gasteiger partial charge >= 0.3 is 0 Å². The van der Waals surface area contributed by atoms with E-state index < -0.39 is 0 Å². The molecule has 0 saturated carbocycles. The number of hydrogen-bond donors (Lipinski definition) is 1. The van der Waals surface area contributed by atoms with Crippen LogP contribution in [0.3, 0.4) is 0 Å². The summed E-state index contributed by atoms with van der Waals surface area (Å²) < 4.78 is 1.81. The number of nitrogens with zero attached hydrogens (tertiary/aromatic N) is 5. The van der Waals surface area contributed by atoms with Gasteiger partial charge in [-0.05, 0) is 32.4 Å². The maximum Gasteiger partial charge on any atom is 0.226 e. The zero-order valence-electron chi connectivity index (χ0n) is 16.4. The lowest BCUT2D eigenvalue weighted by atomic mass is 9.99. The quantitative estimate of drug-likeness (QED) is 0.740. The summed E-state index contributed by atoms with van der Waals surface area (Å²) in [5, 5.41) is 7.50. The minimum Gasteiger partial charge on any atom is -0.355 e. The fourth-order valence-corrected chi connectivity index (χ4v) is 3.36. The summed E-state index contributed by atoms with van der Waals surface area (Å²) in [5.74, 6) is 1.63. The van der Waals surface area contributed by atoms with Gasteiger partial charge in [0.05, 0.1) is 11.6 Å². The molecular formula is C21H24N6O. The van der Waals surface area contributed by atoms with Crippen molar-refractivity contribution in [1.29, 1.82) is 0 Å². The van der Waals surface area contributed by atoms with Crippen molar-refractivity contribution in [2.45, 2.75) is 27.3 Å². The van der Waals surface area contributed by atoms with Crippen LogP contribution in [0.15, 0.2) is 42.7 Å². The van der Waals surface area contributed by atoms with E-state index in [1.165, 1.54) is 5.56 Å². The van der Waals surface area contributed by atoms with Crippen molar-refractivity contribution < 1.29 is 4.79 Å². The van der Waals surface area contributed by atoms with E-state index in [1.807, 2.05) is 42.8 Å². The highest BCUT2D eigenvalue weighted by Crippen LogP contribution is 2.24. The molecule has 0 unspecified atom stereocenters. The third kappa shape index (κ3) is 3.74. The topological polar surface area (TPSA) is 75.9 Å². The summed E-state index contributed by atoms with van der Waals surface area (Å²) in [4.78, 5) is 23.2. The van der Waals surface area contributed by atoms with Gasteiger partial charge in [-0.2, -0.15) is 5.10 Å². The molecule has 1 N–H and O–H groups in total. The molecule has 0 radical (unpaired) electrons. The highest BCUT2D eigenvalue weighted by molar-refractivity contribution is 5.81. The number of benzene rings is 1. The van der Waals surface area contributed by atoms with Gasteiger partial charge in [0.1, 0.15) is 12.1 Å². The lowest BCUT2D eigenvalue weighted by Gasteiger charge is -2.39. The van der Waals surface area contributed by atoms with Crippen LogP contribution in [0, 0.1) is 26.7 Å². The van der Waals surface area contributed by atoms with Crippen LogP contribution in [0.2, 0.25) is 0 Å². The van der Waals surface area contributed by atoms with Crippen molar-refractivity contribution in [3.63, 3.8) is 0 Å². The molecule has 144 valence electrons. The first-order chi connectivity index (χ1) is 13.5. The summed E-state index contributed by atoms with van der Waals surface area (Å²) >= 11 is 0. The number of rotatable bonds is 5. The normalized spacial score (nSPS) is 14.0. The van der Waals surface area contributed by atoms with E-state index in [-0.39, 0.29) is 11.8 Å². The molecule has 1 fully saturated rings. The van der Waals surface area contributed by atoms with Crippen molar-refractivity contribution in [1.82, 2.24) is 25.1 Å². The van der Waals surface area contributed by atoms with Crippen molar-refractivity contribution >= 4 is 11.7 Å². The maximum absolute atomic E-state index is 12.4. The van der Waals surface area contributed by atoms with Crippen molar-refractivity contribution in [2.75, 3.05) is 18.0 Å². The molecule has 0 aliphatic carbocycles. The molecule has 0 spiro atoms. The van der Waals surface area contributed by atoms with E-state index in [1.54, 1.807) is 6.33 Å². The van der Waals surface area contributed by atoms with Crippen molar-refractivity contribution in [3.05, 3.63) is 65.2 Å². The first-order valence-corrected chi connectivity index (χ1v) is 9.43. The van der Waals surface area contributed by atoms with Crippen LogP contribution in [0.1, 0.15) is 22.5 Å². The SMILES string of the molecule is Cc1ccc(CNC(=O)C2CN(c3cc(-n4nc(C)cc4C)ncn3)C2)cc1. The molecular weight excluding hydrogens is 352 g/mol. The standard InChI is InChI=1S/C21H24N6O/c1-14-4-6-17(7-5-14)10-22-21(28)18-11-26(12-18)19-9-20(24-13-23-19)27-16(3)8-15(2)25-27/h4-9,13,18H,10-12H2,1-3H3,(H,22,28). The van der Waals surface area contributed by atoms with Gasteiger partial charge in [0.25, 0.3) is 0 Å². The van der Waals surface area contributed by atoms with Crippen LogP contribution in [-0.4, -0.2) is 38.7 Å². The van der Waals surface area contributed by atoms with Gasteiger partial charge in [-0.3, -0.25) is 4.79 Å². The molecule has 3 heterocycles. The minimum absolute atomic E-state index is 0.0162. The van der Waals surface area contributed by atoms with E-state index in [0.29, 0.717) is 19.6 Å². The van der Waals surface area contributed by atoms with Gasteiger partial charge < -0.3 is 10.2 Å². The number of anilines is 1. The Morgan fingerprint density at radius 3 is 2.46 bits per heavy atom. The monoisotopic (exact) mass is 376 g/mol. The van der Waals surface area contributed by atoms with E-state index in [9.17, 15) is 4.79 Å². The predicted molar refractivity (Wildman–Crippen MR) is 107 cm³/mol. The molecule has 1 aromatic carbocycles. The fourth-order valence-electron chi connectivity index (χ4n) is 3.36. The van der Waals surface area contributed by atoms with E-state index in [0.717, 1.165) is 28.6 Å². The number of aromatic nitrogens is 4. The second-order valence-corrected chi connectivity index (χ2v) is 7.38. The first kappa shape index (κ1) is 18.2. The molecule has 1 aliphatic rings. The first-order valence-electron chi connectivity index (χ1n) is 9.43. The summed E-state index contributed by atoms with van der Waals surface area (Å²) in [6.45, 7) is 7.89. The van der Waals surface area contributed by atoms with Gasteiger partial charge in [0.15, 0.2) is 5.82 Å². The summed E-state index contributed by atoms with van der Waals surface area (Å²) in [5.41, 5.74) is 4.31. The van der Waals surface area contributed by atoms with Gasteiger partial charge in [0, 0.05) is 31.4 Å². The third-order valence-electron chi connectivity index (χ3n) is 5.03. The molecule has 4 rings (SSSR count). The maximum atomic E-state index is 12.4. The van der Waals surface area contributed by atoms with E-state index >= 15 is 0 Å². The number of carbonyl (C=O) groups is 1. The van der Waals surface area contributed by atoms with Crippen LogP contribution in [0.5, 0.6) is 0 Å². The van der Waals surface area contributed by atoms with Gasteiger partial charge in [-0.1, -0.05) is 29.8 Å². The number of aryl methyl sites for hydroxylation is 3. The Kier molecular flexibility index (Phi) is 4.81. The molecule has 7 nitrogen and oxygen atoms in total. The lowest BCUT2D eigenvalue weighted by molar-refractivity contribution is -0.125. The largest absolute Gasteiger partial charge is 0.355 e. The zero-order chi connectivity index (χ0) is 19.7. The molecule has 3 aromatic rings. The Balaban J connectivity index is 1.34. The third-order valence-corrected chi connectivity index (χ3v) is 5.03. The predicted octanol–water partition coefficient (Wildman–Crippen LogP) is 2.34. The van der Waals surface area contributed by atoms with Crippen LogP contribution in [0.25, 0.3) is 5.82 Å². The van der Waals surface area contributed by atoms with E-state index in [2.05, 4.69) is 44.3 Å². The molecule has 1 amide bonds. The Morgan fingerprint density at radius 1 is 1.07 bits per heavy atom. The van der Waals surface area contributed by atoms with Crippen LogP contribution in [0.4, 0.5) is 5.82 Å². The summed E-state index contributed by atoms with van der Waals surface area (Å²) in [7, 11) is 0. The van der Waals surface area contributed by atoms with Crippen LogP contribution < -0.4 is 10.2 Å². The number of amides is 1. The van der Waals surface area contributed by atoms with Gasteiger partial charge in [0.2, 0.25) is 5.91 Å². The van der Waals surface area contributed by atoms with Crippen LogP contribution >= 0.6 is 0 Å². The molecule has 28 heavy (non-hydrogen) atoms. The fraction of sp³-hybridized carbons (Fsp3) is 0.333. The molecule has 1 saturated heterocycles. The number of hydrogen-bond acceptors (Lipinski definition) is 5. The average Bonchev–Trinajstić information content (AvgIpc) is 2.98. The molecule has 7 heteroatoms. The Labute approximate surface area is 164 Å². The summed E-state index contributed by atoms with van der Waals surface area (Å²) in [6.07, 6.45) is 1.55. The lowest BCUT2D eigenvalue weighted by Crippen LogP contribution is -2.54. The minimum atomic E-state index is -0.0162. The van der Waals surface area contributed by atoms with Crippen molar-refractivity contribution in [2.24, 2.45) is 5.92 Å². The van der Waals surface area contributed by atoms with Gasteiger partial charge in [-0.15, -0.1) is 0 Å². The molecule has 0 atom stereocenters. The van der Waals surface area contributed by atoms with E-state index in [4.69, 9.17) is 0 Å².